The minimum absolute atomic E-state index is 0.0151. The number of hydrogen-bond donors (Lipinski definition) is 2. The van der Waals surface area contributed by atoms with Gasteiger partial charge in [-0.3, -0.25) is 15.2 Å². The molecule has 2 N–H and O–H groups in total. The highest BCUT2D eigenvalue weighted by atomic mass is 32.1. The minimum atomic E-state index is -0.404. The van der Waals surface area contributed by atoms with E-state index in [1.165, 1.54) is 17.7 Å². The van der Waals surface area contributed by atoms with Gasteiger partial charge in [0, 0.05) is 13.0 Å². The van der Waals surface area contributed by atoms with Gasteiger partial charge in [0.05, 0.1) is 15.1 Å². The zero-order valence-corrected chi connectivity index (χ0v) is 11.1. The van der Waals surface area contributed by atoms with Gasteiger partial charge in [-0.1, -0.05) is 0 Å². The lowest BCUT2D eigenvalue weighted by Crippen LogP contribution is -2.08. The van der Waals surface area contributed by atoms with Crippen molar-refractivity contribution in [3.05, 3.63) is 39.9 Å². The summed E-state index contributed by atoms with van der Waals surface area (Å²) in [5, 5.41) is 20.8. The Morgan fingerprint density at radius 1 is 1.40 bits per heavy atom. The third kappa shape index (κ3) is 2.30. The van der Waals surface area contributed by atoms with Crippen molar-refractivity contribution in [2.24, 2.45) is 0 Å². The molecule has 0 saturated heterocycles. The summed E-state index contributed by atoms with van der Waals surface area (Å²) < 4.78 is 0.803. The SMILES string of the molecule is O=[N+]([O-])c1c(NCCc2ncn[nH]2)ccc2scnc12. The van der Waals surface area contributed by atoms with E-state index in [0.29, 0.717) is 24.2 Å². The molecule has 3 rings (SSSR count). The maximum atomic E-state index is 11.2. The van der Waals surface area contributed by atoms with E-state index >= 15 is 0 Å². The van der Waals surface area contributed by atoms with Crippen LogP contribution >= 0.6 is 11.3 Å². The van der Waals surface area contributed by atoms with E-state index in [2.05, 4.69) is 25.5 Å². The number of fused-ring (bicyclic) bond motifs is 1. The summed E-state index contributed by atoms with van der Waals surface area (Å²) in [6.07, 6.45) is 2.03. The second-order valence-electron chi connectivity index (χ2n) is 4.03. The molecule has 3 aromatic rings. The largest absolute Gasteiger partial charge is 0.379 e. The molecule has 0 unspecified atom stereocenters. The van der Waals surface area contributed by atoms with E-state index < -0.39 is 4.92 Å². The van der Waals surface area contributed by atoms with Crippen molar-refractivity contribution in [3.63, 3.8) is 0 Å². The van der Waals surface area contributed by atoms with Crippen LogP contribution in [0.5, 0.6) is 0 Å². The van der Waals surface area contributed by atoms with Crippen LogP contribution in [-0.2, 0) is 6.42 Å². The van der Waals surface area contributed by atoms with Crippen LogP contribution in [0.25, 0.3) is 10.2 Å². The predicted molar refractivity (Wildman–Crippen MR) is 74.9 cm³/mol. The Labute approximate surface area is 117 Å². The van der Waals surface area contributed by atoms with Gasteiger partial charge in [0.25, 0.3) is 0 Å². The van der Waals surface area contributed by atoms with Crippen LogP contribution in [0.15, 0.2) is 24.0 Å². The molecule has 2 aromatic heterocycles. The first-order chi connectivity index (χ1) is 9.75. The van der Waals surface area contributed by atoms with Gasteiger partial charge in [0.2, 0.25) is 0 Å². The summed E-state index contributed by atoms with van der Waals surface area (Å²) >= 11 is 1.38. The van der Waals surface area contributed by atoms with Gasteiger partial charge < -0.3 is 5.32 Å². The molecule has 1 aromatic carbocycles. The van der Waals surface area contributed by atoms with Crippen molar-refractivity contribution in [1.82, 2.24) is 20.2 Å². The molecule has 20 heavy (non-hydrogen) atoms. The number of aromatic nitrogens is 4. The maximum absolute atomic E-state index is 11.2. The Hall–Kier alpha value is -2.55. The highest BCUT2D eigenvalue weighted by Crippen LogP contribution is 2.34. The lowest BCUT2D eigenvalue weighted by atomic mass is 10.2. The summed E-state index contributed by atoms with van der Waals surface area (Å²) in [7, 11) is 0. The third-order valence-electron chi connectivity index (χ3n) is 2.80. The fraction of sp³-hybridized carbons (Fsp3) is 0.182. The number of nitrogens with zero attached hydrogens (tertiary/aromatic N) is 4. The first kappa shape index (κ1) is 12.5. The minimum Gasteiger partial charge on any atom is -0.379 e. The molecule has 0 aliphatic heterocycles. The fourth-order valence-corrected chi connectivity index (χ4v) is 2.59. The van der Waals surface area contributed by atoms with E-state index in [-0.39, 0.29) is 5.69 Å². The van der Waals surface area contributed by atoms with Crippen molar-refractivity contribution in [3.8, 4) is 0 Å². The molecular weight excluding hydrogens is 280 g/mol. The Balaban J connectivity index is 1.83. The van der Waals surface area contributed by atoms with Crippen molar-refractivity contribution in [2.45, 2.75) is 6.42 Å². The monoisotopic (exact) mass is 290 g/mol. The van der Waals surface area contributed by atoms with Crippen molar-refractivity contribution >= 4 is 32.9 Å². The number of thiazole rings is 1. The normalized spacial score (nSPS) is 10.8. The molecule has 0 atom stereocenters. The molecule has 0 amide bonds. The summed E-state index contributed by atoms with van der Waals surface area (Å²) in [4.78, 5) is 18.9. The topological polar surface area (TPSA) is 110 Å². The van der Waals surface area contributed by atoms with Gasteiger partial charge in [0.15, 0.2) is 5.52 Å². The average molecular weight is 290 g/mol. The van der Waals surface area contributed by atoms with Crippen LogP contribution in [0.4, 0.5) is 11.4 Å². The molecule has 8 nitrogen and oxygen atoms in total. The Bertz CT molecular complexity index is 739. The first-order valence-electron chi connectivity index (χ1n) is 5.84. The maximum Gasteiger partial charge on any atom is 0.319 e. The van der Waals surface area contributed by atoms with Crippen LogP contribution < -0.4 is 5.32 Å². The van der Waals surface area contributed by atoms with Gasteiger partial charge in [-0.25, -0.2) is 9.97 Å². The van der Waals surface area contributed by atoms with E-state index in [9.17, 15) is 10.1 Å². The number of anilines is 1. The molecule has 0 fully saturated rings. The van der Waals surface area contributed by atoms with Crippen LogP contribution in [0.3, 0.4) is 0 Å². The molecule has 0 radical (unpaired) electrons. The van der Waals surface area contributed by atoms with Gasteiger partial charge in [-0.2, -0.15) is 5.10 Å². The Morgan fingerprint density at radius 2 is 2.30 bits per heavy atom. The molecule has 0 aliphatic carbocycles. The standard InChI is InChI=1S/C11H10N6O2S/c18-17(19)11-7(1-2-8-10(11)14-6-20-8)12-4-3-9-13-5-15-16-9/h1-2,5-6,12H,3-4H2,(H,13,15,16). The molecule has 2 heterocycles. The lowest BCUT2D eigenvalue weighted by molar-refractivity contribution is -0.382. The summed E-state index contributed by atoms with van der Waals surface area (Å²) in [6.45, 7) is 0.520. The van der Waals surface area contributed by atoms with Gasteiger partial charge in [-0.05, 0) is 12.1 Å². The smallest absolute Gasteiger partial charge is 0.319 e. The zero-order chi connectivity index (χ0) is 13.9. The number of nitrogens with one attached hydrogen (secondary N) is 2. The van der Waals surface area contributed by atoms with E-state index in [0.717, 1.165) is 10.5 Å². The van der Waals surface area contributed by atoms with Gasteiger partial charge in [0.1, 0.15) is 17.8 Å². The third-order valence-corrected chi connectivity index (χ3v) is 3.59. The number of benzene rings is 1. The predicted octanol–water partition coefficient (Wildman–Crippen LogP) is 1.98. The molecule has 9 heteroatoms. The number of aromatic amines is 1. The number of hydrogen-bond acceptors (Lipinski definition) is 7. The fourth-order valence-electron chi connectivity index (χ4n) is 1.91. The van der Waals surface area contributed by atoms with Crippen molar-refractivity contribution in [1.29, 1.82) is 0 Å². The van der Waals surface area contributed by atoms with Crippen LogP contribution in [0, 0.1) is 10.1 Å². The second-order valence-corrected chi connectivity index (χ2v) is 4.91. The van der Waals surface area contributed by atoms with Crippen LogP contribution in [0.1, 0.15) is 5.82 Å². The Morgan fingerprint density at radius 3 is 3.05 bits per heavy atom. The Kier molecular flexibility index (Phi) is 3.25. The summed E-state index contributed by atoms with van der Waals surface area (Å²) in [5.74, 6) is 0.731. The number of nitro groups is 1. The first-order valence-corrected chi connectivity index (χ1v) is 6.72. The second kappa shape index (κ2) is 5.21. The number of nitro benzene ring substituents is 1. The van der Waals surface area contributed by atoms with Crippen molar-refractivity contribution in [2.75, 3.05) is 11.9 Å². The van der Waals surface area contributed by atoms with Crippen molar-refractivity contribution < 1.29 is 4.92 Å². The summed E-state index contributed by atoms with van der Waals surface area (Å²) in [6, 6.07) is 3.54. The number of rotatable bonds is 5. The van der Waals surface area contributed by atoms with Crippen LogP contribution in [0.2, 0.25) is 0 Å². The molecule has 0 saturated carbocycles. The molecule has 0 bridgehead atoms. The van der Waals surface area contributed by atoms with Gasteiger partial charge >= 0.3 is 5.69 Å². The van der Waals surface area contributed by atoms with Crippen LogP contribution in [-0.4, -0.2) is 31.6 Å². The molecule has 102 valence electrons. The van der Waals surface area contributed by atoms with Gasteiger partial charge in [-0.15, -0.1) is 11.3 Å². The summed E-state index contributed by atoms with van der Waals surface area (Å²) in [5.41, 5.74) is 2.51. The molecular formula is C11H10N6O2S. The molecule has 0 aliphatic rings. The van der Waals surface area contributed by atoms with E-state index in [1.807, 2.05) is 6.07 Å². The van der Waals surface area contributed by atoms with E-state index in [4.69, 9.17) is 0 Å². The van der Waals surface area contributed by atoms with E-state index in [1.54, 1.807) is 11.6 Å². The highest BCUT2D eigenvalue weighted by molar-refractivity contribution is 7.16. The highest BCUT2D eigenvalue weighted by Gasteiger charge is 2.20. The molecule has 0 spiro atoms. The average Bonchev–Trinajstić information content (AvgIpc) is 3.07. The quantitative estimate of drug-likeness (QED) is 0.549. The lowest BCUT2D eigenvalue weighted by Gasteiger charge is -2.06. The number of H-pyrrole nitrogens is 1. The zero-order valence-electron chi connectivity index (χ0n) is 10.2.